The molecule has 1 heterocycles. The molecule has 9 heteroatoms. The van der Waals surface area contributed by atoms with Gasteiger partial charge in [0.1, 0.15) is 11.5 Å². The Morgan fingerprint density at radius 3 is 2.48 bits per heavy atom. The lowest BCUT2D eigenvalue weighted by molar-refractivity contribution is -0.116. The highest BCUT2D eigenvalue weighted by Gasteiger charge is 2.20. The van der Waals surface area contributed by atoms with Crippen LogP contribution in [0.25, 0.3) is 6.08 Å². The number of likely N-dealkylation sites (tertiary alicyclic amines) is 1. The van der Waals surface area contributed by atoms with Gasteiger partial charge in [0.15, 0.2) is 0 Å². The van der Waals surface area contributed by atoms with E-state index in [0.29, 0.717) is 34.8 Å². The molecule has 1 unspecified atom stereocenters. The summed E-state index contributed by atoms with van der Waals surface area (Å²) in [6.07, 6.45) is 8.56. The summed E-state index contributed by atoms with van der Waals surface area (Å²) in [6, 6.07) is 22.0. The third kappa shape index (κ3) is 11.0. The van der Waals surface area contributed by atoms with Gasteiger partial charge in [0.25, 0.3) is 0 Å². The van der Waals surface area contributed by atoms with Crippen molar-refractivity contribution in [3.63, 3.8) is 0 Å². The van der Waals surface area contributed by atoms with Gasteiger partial charge in [-0.3, -0.25) is 4.79 Å². The molecular weight excluding hydrogens is 571 g/mol. The Balaban J connectivity index is 1.05. The summed E-state index contributed by atoms with van der Waals surface area (Å²) in [5.41, 5.74) is 1.55. The maximum atomic E-state index is 12.5. The second-order valence-corrected chi connectivity index (χ2v) is 11.3. The number of unbranched alkanes of at least 4 members (excludes halogenated alkanes) is 2. The highest BCUT2D eigenvalue weighted by molar-refractivity contribution is 6.42. The number of para-hydroxylation sites is 1. The number of nitrogens with zero attached hydrogens (tertiary/aromatic N) is 1. The lowest BCUT2D eigenvalue weighted by atomic mass is 9.97. The number of urea groups is 1. The number of carbonyl (C=O) groups is 2. The van der Waals surface area contributed by atoms with Crippen molar-refractivity contribution in [2.24, 2.45) is 5.92 Å². The van der Waals surface area contributed by atoms with Crippen molar-refractivity contribution in [2.75, 3.05) is 38.0 Å². The minimum absolute atomic E-state index is 0.120. The van der Waals surface area contributed by atoms with Crippen LogP contribution in [0.1, 0.15) is 37.7 Å². The van der Waals surface area contributed by atoms with Crippen molar-refractivity contribution in [3.8, 4) is 11.5 Å². The number of carbonyl (C=O) groups excluding carboxylic acids is 2. The van der Waals surface area contributed by atoms with Crippen LogP contribution in [-0.4, -0.2) is 49.6 Å². The number of hydrogen-bond acceptors (Lipinski definition) is 4. The summed E-state index contributed by atoms with van der Waals surface area (Å²) < 4.78 is 5.80. The van der Waals surface area contributed by atoms with Crippen LogP contribution in [0.2, 0.25) is 10.0 Å². The molecule has 7 nitrogen and oxygen atoms in total. The maximum absolute atomic E-state index is 12.5. The first-order valence-corrected chi connectivity index (χ1v) is 15.2. The molecule has 1 aliphatic rings. The molecule has 4 rings (SSSR count). The Kier molecular flexibility index (Phi) is 12.6. The van der Waals surface area contributed by atoms with Gasteiger partial charge in [-0.1, -0.05) is 53.9 Å². The van der Waals surface area contributed by atoms with Gasteiger partial charge in [0.2, 0.25) is 5.91 Å². The maximum Gasteiger partial charge on any atom is 0.319 e. The van der Waals surface area contributed by atoms with Crippen molar-refractivity contribution < 1.29 is 14.3 Å². The van der Waals surface area contributed by atoms with Gasteiger partial charge >= 0.3 is 6.03 Å². The van der Waals surface area contributed by atoms with Crippen molar-refractivity contribution in [3.05, 3.63) is 94.5 Å². The Hall–Kier alpha value is -3.52. The van der Waals surface area contributed by atoms with E-state index in [1.54, 1.807) is 18.2 Å². The van der Waals surface area contributed by atoms with Crippen LogP contribution in [0.15, 0.2) is 78.9 Å². The Morgan fingerprint density at radius 1 is 0.905 bits per heavy atom. The third-order valence-electron chi connectivity index (χ3n) is 7.07. The Morgan fingerprint density at radius 2 is 1.69 bits per heavy atom. The van der Waals surface area contributed by atoms with Crippen molar-refractivity contribution in [1.82, 2.24) is 15.5 Å². The minimum Gasteiger partial charge on any atom is -0.457 e. The molecule has 3 aromatic rings. The van der Waals surface area contributed by atoms with E-state index >= 15 is 0 Å². The molecule has 1 saturated heterocycles. The molecule has 0 saturated carbocycles. The molecule has 3 amide bonds. The first-order chi connectivity index (χ1) is 20.4. The second kappa shape index (κ2) is 16.8. The van der Waals surface area contributed by atoms with Crippen LogP contribution in [0.3, 0.4) is 0 Å². The fourth-order valence-corrected chi connectivity index (χ4v) is 5.17. The molecule has 0 spiro atoms. The van der Waals surface area contributed by atoms with Gasteiger partial charge in [-0.15, -0.1) is 0 Å². The molecule has 0 aliphatic carbocycles. The van der Waals surface area contributed by atoms with E-state index < -0.39 is 0 Å². The first-order valence-electron chi connectivity index (χ1n) is 14.5. The zero-order chi connectivity index (χ0) is 29.6. The molecule has 42 heavy (non-hydrogen) atoms. The van der Waals surface area contributed by atoms with E-state index in [2.05, 4.69) is 20.9 Å². The van der Waals surface area contributed by atoms with Gasteiger partial charge in [0, 0.05) is 31.4 Å². The number of anilines is 1. The van der Waals surface area contributed by atoms with Crippen LogP contribution >= 0.6 is 23.2 Å². The first kappa shape index (κ1) is 31.4. The molecule has 0 radical (unpaired) electrons. The van der Waals surface area contributed by atoms with Gasteiger partial charge in [0.05, 0.1) is 10.0 Å². The molecule has 1 atom stereocenters. The number of benzene rings is 3. The molecule has 0 bridgehead atoms. The van der Waals surface area contributed by atoms with Crippen molar-refractivity contribution in [2.45, 2.75) is 32.1 Å². The van der Waals surface area contributed by atoms with Gasteiger partial charge in [-0.25, -0.2) is 4.79 Å². The van der Waals surface area contributed by atoms with Crippen LogP contribution in [-0.2, 0) is 4.79 Å². The van der Waals surface area contributed by atoms with E-state index in [4.69, 9.17) is 27.9 Å². The predicted octanol–water partition coefficient (Wildman–Crippen LogP) is 7.62. The average Bonchev–Trinajstić information content (AvgIpc) is 3.00. The van der Waals surface area contributed by atoms with Crippen LogP contribution in [0, 0.1) is 5.92 Å². The summed E-state index contributed by atoms with van der Waals surface area (Å²) in [5, 5.41) is 9.82. The lowest BCUT2D eigenvalue weighted by Gasteiger charge is -2.32. The summed E-state index contributed by atoms with van der Waals surface area (Å²) >= 11 is 11.9. The Labute approximate surface area is 258 Å². The van der Waals surface area contributed by atoms with Crippen molar-refractivity contribution in [1.29, 1.82) is 0 Å². The molecule has 3 N–H and O–H groups in total. The number of halogens is 2. The van der Waals surface area contributed by atoms with Gasteiger partial charge < -0.3 is 25.6 Å². The summed E-state index contributed by atoms with van der Waals surface area (Å²) in [7, 11) is 0. The van der Waals surface area contributed by atoms with E-state index in [9.17, 15) is 9.59 Å². The fourth-order valence-electron chi connectivity index (χ4n) is 4.86. The van der Waals surface area contributed by atoms with Gasteiger partial charge in [-0.05, 0) is 105 Å². The monoisotopic (exact) mass is 608 g/mol. The average molecular weight is 610 g/mol. The number of hydrogen-bond donors (Lipinski definition) is 3. The summed E-state index contributed by atoms with van der Waals surface area (Å²) in [5.74, 6) is 1.80. The lowest BCUT2D eigenvalue weighted by Crippen LogP contribution is -2.42. The Bertz CT molecular complexity index is 1320. The highest BCUT2D eigenvalue weighted by atomic mass is 35.5. The molecular formula is C33H38Cl2N4O3. The quantitative estimate of drug-likeness (QED) is 0.138. The third-order valence-corrected chi connectivity index (χ3v) is 7.81. The van der Waals surface area contributed by atoms with E-state index in [1.165, 1.54) is 6.08 Å². The number of nitrogens with one attached hydrogen (secondary N) is 3. The van der Waals surface area contributed by atoms with E-state index in [-0.39, 0.29) is 11.9 Å². The number of piperidine rings is 1. The zero-order valence-electron chi connectivity index (χ0n) is 23.7. The standard InChI is InChI=1S/C33H38Cl2N4O3/c34-30-17-11-25(22-31(30)35)12-18-32(40)36-19-5-2-6-20-39-21-7-8-26(24-39)23-37-33(41)38-27-13-15-29(16-14-27)42-28-9-3-1-4-10-28/h1,3-4,9-18,22,26H,2,5-8,19-21,23-24H2,(H,36,40)(H2,37,38,41)/b18-12+. The fraction of sp³-hybridized carbons (Fsp3) is 0.333. The number of ether oxygens (including phenoxy) is 1. The summed E-state index contributed by atoms with van der Waals surface area (Å²) in [4.78, 5) is 27.0. The smallest absolute Gasteiger partial charge is 0.319 e. The summed E-state index contributed by atoms with van der Waals surface area (Å²) in [6.45, 7) is 4.41. The highest BCUT2D eigenvalue weighted by Crippen LogP contribution is 2.24. The minimum atomic E-state index is -0.197. The van der Waals surface area contributed by atoms with Crippen molar-refractivity contribution >= 4 is 46.9 Å². The van der Waals surface area contributed by atoms with E-state index in [0.717, 1.165) is 68.7 Å². The number of amides is 3. The zero-order valence-corrected chi connectivity index (χ0v) is 25.2. The molecule has 222 valence electrons. The predicted molar refractivity (Wildman–Crippen MR) is 172 cm³/mol. The number of rotatable bonds is 13. The van der Waals surface area contributed by atoms with Crippen LogP contribution in [0.5, 0.6) is 11.5 Å². The molecule has 1 fully saturated rings. The van der Waals surface area contributed by atoms with Gasteiger partial charge in [-0.2, -0.15) is 0 Å². The normalized spacial score (nSPS) is 15.3. The second-order valence-electron chi connectivity index (χ2n) is 10.4. The molecule has 1 aliphatic heterocycles. The van der Waals surface area contributed by atoms with Crippen LogP contribution < -0.4 is 20.7 Å². The van der Waals surface area contributed by atoms with E-state index in [1.807, 2.05) is 60.7 Å². The largest absolute Gasteiger partial charge is 0.457 e. The SMILES string of the molecule is O=C(/C=C/c1ccc(Cl)c(Cl)c1)NCCCCCN1CCCC(CNC(=O)Nc2ccc(Oc3ccccc3)cc2)C1. The van der Waals surface area contributed by atoms with Crippen LogP contribution in [0.4, 0.5) is 10.5 Å². The molecule has 0 aromatic heterocycles. The molecule has 3 aromatic carbocycles. The topological polar surface area (TPSA) is 82.7 Å².